The molecule has 1 N–H and O–H groups in total. The fraction of sp³-hybridized carbons (Fsp3) is 0.800. The van der Waals surface area contributed by atoms with Crippen molar-refractivity contribution in [3.05, 3.63) is 11.6 Å². The number of epoxide rings is 1. The van der Waals surface area contributed by atoms with Crippen LogP contribution in [0.4, 0.5) is 0 Å². The molecule has 0 amide bonds. The van der Waals surface area contributed by atoms with Crippen molar-refractivity contribution >= 4 is 5.97 Å². The Bertz CT molecular complexity index is 430. The molecule has 4 heteroatoms. The van der Waals surface area contributed by atoms with Crippen LogP contribution in [0.25, 0.3) is 0 Å². The van der Waals surface area contributed by atoms with Crippen LogP contribution in [0.2, 0.25) is 0 Å². The van der Waals surface area contributed by atoms with Crippen LogP contribution in [-0.2, 0) is 14.3 Å². The van der Waals surface area contributed by atoms with Crippen LogP contribution in [0.15, 0.2) is 11.6 Å². The highest BCUT2D eigenvalue weighted by Gasteiger charge is 2.54. The molecule has 4 nitrogen and oxygen atoms in total. The van der Waals surface area contributed by atoms with Crippen molar-refractivity contribution in [2.75, 3.05) is 0 Å². The van der Waals surface area contributed by atoms with Crippen LogP contribution < -0.4 is 0 Å². The second-order valence-electron chi connectivity index (χ2n) is 6.47. The topological polar surface area (TPSA) is 59.1 Å². The van der Waals surface area contributed by atoms with Gasteiger partial charge in [0.15, 0.2) is 0 Å². The van der Waals surface area contributed by atoms with Crippen molar-refractivity contribution in [2.45, 2.75) is 63.9 Å². The Kier molecular flexibility index (Phi) is 2.98. The van der Waals surface area contributed by atoms with Crippen molar-refractivity contribution in [3.63, 3.8) is 0 Å². The van der Waals surface area contributed by atoms with Crippen LogP contribution in [0, 0.1) is 11.8 Å². The third kappa shape index (κ3) is 2.21. The van der Waals surface area contributed by atoms with E-state index in [2.05, 4.69) is 6.92 Å². The fourth-order valence-corrected chi connectivity index (χ4v) is 3.38. The first kappa shape index (κ1) is 13.1. The molecule has 19 heavy (non-hydrogen) atoms. The minimum Gasteiger partial charge on any atom is -0.458 e. The third-order valence-electron chi connectivity index (χ3n) is 5.09. The van der Waals surface area contributed by atoms with Crippen LogP contribution in [-0.4, -0.2) is 35.0 Å². The number of carbonyl (C=O) groups is 1. The standard InChI is InChI=1S/C15H22O4/c1-8-6-12-10(9(2)14(17)18-12)4-5-15(3)13(19-15)7-11(8)16/h6,9-13,16H,4-5,7H2,1-3H3/b8-6-/t9-,10+,11+,12-,13-,15+/m1/s1. The summed E-state index contributed by atoms with van der Waals surface area (Å²) in [5.74, 6) is 0.0204. The van der Waals surface area contributed by atoms with Gasteiger partial charge < -0.3 is 14.6 Å². The zero-order chi connectivity index (χ0) is 13.8. The molecule has 0 aromatic heterocycles. The minimum atomic E-state index is -0.500. The minimum absolute atomic E-state index is 0.0635. The van der Waals surface area contributed by atoms with Crippen molar-refractivity contribution in [2.24, 2.45) is 11.8 Å². The molecule has 2 fully saturated rings. The number of rotatable bonds is 0. The summed E-state index contributed by atoms with van der Waals surface area (Å²) < 4.78 is 11.2. The first-order valence-corrected chi connectivity index (χ1v) is 7.15. The average Bonchev–Trinajstić information content (AvgIpc) is 2.89. The maximum atomic E-state index is 11.8. The molecule has 0 bridgehead atoms. The average molecular weight is 266 g/mol. The lowest BCUT2D eigenvalue weighted by Crippen LogP contribution is -2.25. The molecule has 0 spiro atoms. The van der Waals surface area contributed by atoms with E-state index < -0.39 is 6.10 Å². The highest BCUT2D eigenvalue weighted by Crippen LogP contribution is 2.47. The zero-order valence-corrected chi connectivity index (χ0v) is 11.8. The molecule has 2 saturated heterocycles. The summed E-state index contributed by atoms with van der Waals surface area (Å²) in [6.07, 6.45) is 3.90. The SMILES string of the molecule is C/C1=C/[C@H]2OC(=O)[C@H](C)[C@@H]2CC[C@]2(C)O[C@@H]2C[C@@H]1O. The van der Waals surface area contributed by atoms with E-state index in [9.17, 15) is 9.90 Å². The van der Waals surface area contributed by atoms with Gasteiger partial charge in [0, 0.05) is 12.3 Å². The van der Waals surface area contributed by atoms with Gasteiger partial charge in [-0.1, -0.05) is 6.92 Å². The molecule has 3 aliphatic rings. The number of ether oxygens (including phenoxy) is 2. The molecule has 0 saturated carbocycles. The maximum absolute atomic E-state index is 11.8. The molecule has 0 aromatic rings. The highest BCUT2D eigenvalue weighted by atomic mass is 16.6. The predicted octanol–water partition coefficient (Wildman–Crippen LogP) is 1.81. The van der Waals surface area contributed by atoms with Crippen LogP contribution in [0.3, 0.4) is 0 Å². The van der Waals surface area contributed by atoms with Gasteiger partial charge in [-0.05, 0) is 38.3 Å². The van der Waals surface area contributed by atoms with Crippen molar-refractivity contribution in [1.29, 1.82) is 0 Å². The summed E-state index contributed by atoms with van der Waals surface area (Å²) >= 11 is 0. The molecule has 6 atom stereocenters. The largest absolute Gasteiger partial charge is 0.458 e. The van der Waals surface area contributed by atoms with E-state index in [4.69, 9.17) is 9.47 Å². The van der Waals surface area contributed by atoms with E-state index in [-0.39, 0.29) is 35.6 Å². The third-order valence-corrected chi connectivity index (χ3v) is 5.09. The van der Waals surface area contributed by atoms with Crippen LogP contribution in [0.1, 0.15) is 40.0 Å². The van der Waals surface area contributed by atoms with E-state index in [0.29, 0.717) is 6.42 Å². The summed E-state index contributed by atoms with van der Waals surface area (Å²) in [5, 5.41) is 10.2. The second-order valence-corrected chi connectivity index (χ2v) is 6.47. The maximum Gasteiger partial charge on any atom is 0.309 e. The van der Waals surface area contributed by atoms with Gasteiger partial charge >= 0.3 is 5.97 Å². The molecule has 1 aliphatic carbocycles. The summed E-state index contributed by atoms with van der Waals surface area (Å²) in [6.45, 7) is 5.94. The van der Waals surface area contributed by atoms with Gasteiger partial charge in [-0.25, -0.2) is 0 Å². The lowest BCUT2D eigenvalue weighted by molar-refractivity contribution is -0.142. The molecule has 2 aliphatic heterocycles. The molecule has 0 aromatic carbocycles. The van der Waals surface area contributed by atoms with Crippen molar-refractivity contribution < 1.29 is 19.4 Å². The molecule has 106 valence electrons. The number of fused-ring (bicyclic) bond motifs is 2. The number of hydrogen-bond acceptors (Lipinski definition) is 4. The van der Waals surface area contributed by atoms with E-state index >= 15 is 0 Å². The van der Waals surface area contributed by atoms with Gasteiger partial charge in [0.1, 0.15) is 6.10 Å². The Balaban J connectivity index is 1.87. The molecular formula is C15H22O4. The van der Waals surface area contributed by atoms with Gasteiger partial charge in [-0.3, -0.25) is 4.79 Å². The summed E-state index contributed by atoms with van der Waals surface area (Å²) in [6, 6.07) is 0. The van der Waals surface area contributed by atoms with E-state index in [1.54, 1.807) is 0 Å². The van der Waals surface area contributed by atoms with Crippen LogP contribution in [0.5, 0.6) is 0 Å². The number of aliphatic hydroxyl groups excluding tert-OH is 1. The summed E-state index contributed by atoms with van der Waals surface area (Å²) in [7, 11) is 0. The normalized spacial score (nSPS) is 52.5. The summed E-state index contributed by atoms with van der Waals surface area (Å²) in [4.78, 5) is 11.8. The molecular weight excluding hydrogens is 244 g/mol. The number of esters is 1. The Morgan fingerprint density at radius 3 is 2.95 bits per heavy atom. The molecule has 0 radical (unpaired) electrons. The van der Waals surface area contributed by atoms with Gasteiger partial charge in [-0.15, -0.1) is 0 Å². The molecule has 2 heterocycles. The number of aliphatic hydroxyl groups is 1. The monoisotopic (exact) mass is 266 g/mol. The van der Waals surface area contributed by atoms with Gasteiger partial charge in [-0.2, -0.15) is 0 Å². The van der Waals surface area contributed by atoms with E-state index in [1.165, 1.54) is 0 Å². The lowest BCUT2D eigenvalue weighted by Gasteiger charge is -2.21. The highest BCUT2D eigenvalue weighted by molar-refractivity contribution is 5.75. The Labute approximate surface area is 113 Å². The molecule has 0 unspecified atom stereocenters. The number of hydrogen-bond donors (Lipinski definition) is 1. The Hall–Kier alpha value is -0.870. The van der Waals surface area contributed by atoms with Crippen molar-refractivity contribution in [3.8, 4) is 0 Å². The van der Waals surface area contributed by atoms with E-state index in [0.717, 1.165) is 18.4 Å². The first-order chi connectivity index (χ1) is 8.90. The van der Waals surface area contributed by atoms with E-state index in [1.807, 2.05) is 19.9 Å². The Morgan fingerprint density at radius 1 is 1.47 bits per heavy atom. The Morgan fingerprint density at radius 2 is 2.21 bits per heavy atom. The van der Waals surface area contributed by atoms with Gasteiger partial charge in [0.25, 0.3) is 0 Å². The van der Waals surface area contributed by atoms with Gasteiger partial charge in [0.2, 0.25) is 0 Å². The predicted molar refractivity (Wildman–Crippen MR) is 69.4 cm³/mol. The molecule has 3 rings (SSSR count). The van der Waals surface area contributed by atoms with Gasteiger partial charge in [0.05, 0.1) is 23.7 Å². The van der Waals surface area contributed by atoms with Crippen LogP contribution >= 0.6 is 0 Å². The summed E-state index contributed by atoms with van der Waals surface area (Å²) in [5.41, 5.74) is 0.769. The quantitative estimate of drug-likeness (QED) is 0.413. The number of carbonyl (C=O) groups excluding carboxylic acids is 1. The smallest absolute Gasteiger partial charge is 0.309 e. The fourth-order valence-electron chi connectivity index (χ4n) is 3.38. The first-order valence-electron chi connectivity index (χ1n) is 7.15. The zero-order valence-electron chi connectivity index (χ0n) is 11.8. The lowest BCUT2D eigenvalue weighted by atomic mass is 9.82. The second kappa shape index (κ2) is 4.32. The van der Waals surface area contributed by atoms with Crippen molar-refractivity contribution in [1.82, 2.24) is 0 Å².